The van der Waals surface area contributed by atoms with Crippen LogP contribution in [0.1, 0.15) is 55.4 Å². The first-order valence-electron chi connectivity index (χ1n) is 9.75. The zero-order chi connectivity index (χ0) is 18.0. The van der Waals surface area contributed by atoms with Crippen LogP contribution in [0.2, 0.25) is 0 Å². The zero-order valence-electron chi connectivity index (χ0n) is 15.3. The number of aromatic amines is 1. The van der Waals surface area contributed by atoms with Crippen molar-refractivity contribution in [2.75, 3.05) is 7.11 Å². The second kappa shape index (κ2) is 5.69. The van der Waals surface area contributed by atoms with Gasteiger partial charge in [-0.1, -0.05) is 0 Å². The lowest BCUT2D eigenvalue weighted by Gasteiger charge is -2.46. The predicted octanol–water partition coefficient (Wildman–Crippen LogP) is 3.10. The van der Waals surface area contributed by atoms with E-state index < -0.39 is 5.97 Å². The monoisotopic (exact) mass is 355 g/mol. The van der Waals surface area contributed by atoms with Crippen molar-refractivity contribution in [2.24, 2.45) is 29.6 Å². The molecule has 0 aromatic rings. The van der Waals surface area contributed by atoms with E-state index in [1.54, 1.807) is 0 Å². The molecule has 3 saturated carbocycles. The van der Waals surface area contributed by atoms with E-state index in [4.69, 9.17) is 4.74 Å². The number of rotatable bonds is 3. The molecular weight excluding hydrogens is 330 g/mol. The lowest BCUT2D eigenvalue weighted by molar-refractivity contribution is 0.0449. The molecule has 0 aromatic carbocycles. The lowest BCUT2D eigenvalue weighted by atomic mass is 9.62. The molecule has 3 aliphatic carbocycles. The van der Waals surface area contributed by atoms with Crippen LogP contribution in [0, 0.1) is 29.6 Å². The Morgan fingerprint density at radius 3 is 2.85 bits per heavy atom. The number of hydrogen-bond acceptors (Lipinski definition) is 4. The van der Waals surface area contributed by atoms with Crippen LogP contribution in [0.5, 0.6) is 0 Å². The maximum Gasteiger partial charge on any atom is 0.341 e. The molecule has 0 spiro atoms. The third kappa shape index (κ3) is 2.20. The van der Waals surface area contributed by atoms with Gasteiger partial charge < -0.3 is 9.30 Å². The number of carbonyl (C=O) groups is 1. The molecule has 2 aliphatic heterocycles. The number of nitrogens with zero attached hydrogens (tertiary/aromatic N) is 2. The van der Waals surface area contributed by atoms with Crippen LogP contribution in [-0.2, 0) is 4.74 Å². The largest absolute Gasteiger partial charge is 0.465 e. The molecule has 3 fully saturated rings. The molecule has 6 heteroatoms. The first-order chi connectivity index (χ1) is 12.6. The molecule has 6 nitrogen and oxygen atoms in total. The summed E-state index contributed by atoms with van der Waals surface area (Å²) in [6, 6.07) is 0.258. The third-order valence-corrected chi connectivity index (χ3v) is 7.44. The number of aromatic nitrogens is 3. The van der Waals surface area contributed by atoms with E-state index in [0.29, 0.717) is 22.7 Å². The van der Waals surface area contributed by atoms with E-state index in [1.807, 2.05) is 12.4 Å². The van der Waals surface area contributed by atoms with E-state index in [9.17, 15) is 9.59 Å². The normalized spacial score (nSPS) is 33.5. The SMILES string of the molecule is COC(=O)c1cn(C(C)C2C3CCC4CC(C3)CC42)cc2c(=O)[nH]nc1-2. The average Bonchev–Trinajstić information content (AvgIpc) is 3.12. The smallest absolute Gasteiger partial charge is 0.341 e. The Labute approximate surface area is 152 Å². The Morgan fingerprint density at radius 2 is 2.04 bits per heavy atom. The van der Waals surface area contributed by atoms with Gasteiger partial charge in [0.15, 0.2) is 0 Å². The first kappa shape index (κ1) is 16.1. The number of fused-ring (bicyclic) bond motifs is 3. The summed E-state index contributed by atoms with van der Waals surface area (Å²) < 4.78 is 7.00. The van der Waals surface area contributed by atoms with Gasteiger partial charge in [0.2, 0.25) is 0 Å². The van der Waals surface area contributed by atoms with Crippen molar-refractivity contribution >= 4 is 5.97 Å². The third-order valence-electron chi connectivity index (χ3n) is 7.44. The number of pyridine rings is 1. The second-order valence-electron chi connectivity index (χ2n) is 8.58. The molecule has 2 heterocycles. The molecule has 0 aromatic heterocycles. The van der Waals surface area contributed by atoms with Gasteiger partial charge in [0, 0.05) is 18.4 Å². The van der Waals surface area contributed by atoms with Crippen LogP contribution < -0.4 is 5.56 Å². The van der Waals surface area contributed by atoms with Crippen molar-refractivity contribution in [3.63, 3.8) is 0 Å². The first-order valence-corrected chi connectivity index (χ1v) is 9.75. The van der Waals surface area contributed by atoms with Gasteiger partial charge in [-0.05, 0) is 68.6 Å². The fourth-order valence-electron chi connectivity index (χ4n) is 6.45. The van der Waals surface area contributed by atoms with Gasteiger partial charge in [-0.25, -0.2) is 9.89 Å². The number of esters is 1. The number of nitrogens with one attached hydrogen (secondary N) is 1. The van der Waals surface area contributed by atoms with E-state index in [0.717, 1.165) is 23.7 Å². The number of methoxy groups -OCH3 is 1. The number of carbonyl (C=O) groups excluding carboxylic acids is 1. The molecule has 138 valence electrons. The summed E-state index contributed by atoms with van der Waals surface area (Å²) in [7, 11) is 1.36. The maximum atomic E-state index is 12.3. The van der Waals surface area contributed by atoms with Crippen LogP contribution in [0.25, 0.3) is 11.3 Å². The molecule has 26 heavy (non-hydrogen) atoms. The molecule has 0 radical (unpaired) electrons. The summed E-state index contributed by atoms with van der Waals surface area (Å²) in [6.45, 7) is 2.25. The minimum atomic E-state index is -0.450. The highest BCUT2D eigenvalue weighted by molar-refractivity contribution is 5.95. The van der Waals surface area contributed by atoms with Crippen molar-refractivity contribution in [1.82, 2.24) is 14.8 Å². The molecule has 0 amide bonds. The summed E-state index contributed by atoms with van der Waals surface area (Å²) >= 11 is 0. The van der Waals surface area contributed by atoms with E-state index in [1.165, 1.54) is 39.2 Å². The van der Waals surface area contributed by atoms with Crippen LogP contribution in [-0.4, -0.2) is 27.8 Å². The molecule has 6 atom stereocenters. The quantitative estimate of drug-likeness (QED) is 0.858. The number of hydrogen-bond donors (Lipinski definition) is 1. The number of H-pyrrole nitrogens is 1. The van der Waals surface area contributed by atoms with Gasteiger partial charge in [-0.15, -0.1) is 0 Å². The van der Waals surface area contributed by atoms with Crippen molar-refractivity contribution in [3.8, 4) is 11.3 Å². The highest BCUT2D eigenvalue weighted by Gasteiger charge is 2.51. The number of ether oxygens (including phenoxy) is 1. The van der Waals surface area contributed by atoms with Crippen LogP contribution in [0.3, 0.4) is 0 Å². The molecule has 0 saturated heterocycles. The van der Waals surface area contributed by atoms with Gasteiger partial charge in [-0.3, -0.25) is 4.79 Å². The second-order valence-corrected chi connectivity index (χ2v) is 8.58. The van der Waals surface area contributed by atoms with Gasteiger partial charge in [0.25, 0.3) is 5.56 Å². The van der Waals surface area contributed by atoms with Crippen LogP contribution in [0.4, 0.5) is 0 Å². The summed E-state index contributed by atoms with van der Waals surface area (Å²) in [5.74, 6) is 3.55. The predicted molar refractivity (Wildman–Crippen MR) is 96.1 cm³/mol. The van der Waals surface area contributed by atoms with Crippen molar-refractivity contribution in [2.45, 2.75) is 45.1 Å². The highest BCUT2D eigenvalue weighted by Crippen LogP contribution is 2.60. The molecule has 3 bridgehead atoms. The van der Waals surface area contributed by atoms with Gasteiger partial charge in [-0.2, -0.15) is 5.10 Å². The lowest BCUT2D eigenvalue weighted by Crippen LogP contribution is -2.39. The molecular formula is C20H25N3O3. The topological polar surface area (TPSA) is 77.0 Å². The Kier molecular flexibility index (Phi) is 3.52. The zero-order valence-corrected chi connectivity index (χ0v) is 15.3. The standard InChI is InChI=1S/C20H25N3O3/c1-10(17-13-4-3-12-5-11(6-13)7-14(12)17)23-8-15-18(21-22-19(15)24)16(9-23)20(25)26-2/h8-14,17H,3-7H2,1-2H3,(H,22,24). The van der Waals surface area contributed by atoms with Crippen molar-refractivity contribution < 1.29 is 9.53 Å². The van der Waals surface area contributed by atoms with Gasteiger partial charge in [0.1, 0.15) is 11.3 Å². The fourth-order valence-corrected chi connectivity index (χ4v) is 6.45. The molecule has 1 N–H and O–H groups in total. The van der Waals surface area contributed by atoms with Crippen LogP contribution >= 0.6 is 0 Å². The fraction of sp³-hybridized carbons (Fsp3) is 0.650. The summed E-state index contributed by atoms with van der Waals surface area (Å²) in [4.78, 5) is 24.4. The Morgan fingerprint density at radius 1 is 1.27 bits per heavy atom. The Bertz CT molecular complexity index is 885. The minimum absolute atomic E-state index is 0.252. The van der Waals surface area contributed by atoms with Gasteiger partial charge >= 0.3 is 5.97 Å². The minimum Gasteiger partial charge on any atom is -0.465 e. The van der Waals surface area contributed by atoms with Crippen molar-refractivity contribution in [1.29, 1.82) is 0 Å². The maximum absolute atomic E-state index is 12.3. The summed E-state index contributed by atoms with van der Waals surface area (Å²) in [5, 5.41) is 6.49. The molecule has 5 aliphatic rings. The average molecular weight is 355 g/mol. The van der Waals surface area contributed by atoms with Gasteiger partial charge in [0.05, 0.1) is 12.7 Å². The highest BCUT2D eigenvalue weighted by atomic mass is 16.5. The van der Waals surface area contributed by atoms with Crippen LogP contribution in [0.15, 0.2) is 17.2 Å². The summed E-state index contributed by atoms with van der Waals surface area (Å²) in [6.07, 6.45) is 10.5. The Balaban J connectivity index is 1.58. The van der Waals surface area contributed by atoms with E-state index in [2.05, 4.69) is 21.7 Å². The Hall–Kier alpha value is -2.11. The summed E-state index contributed by atoms with van der Waals surface area (Å²) in [5.41, 5.74) is 0.972. The molecule has 6 unspecified atom stereocenters. The van der Waals surface area contributed by atoms with E-state index in [-0.39, 0.29) is 11.6 Å². The molecule has 5 rings (SSSR count). The van der Waals surface area contributed by atoms with Crippen molar-refractivity contribution in [3.05, 3.63) is 28.3 Å². The van der Waals surface area contributed by atoms with E-state index >= 15 is 0 Å².